The molecule has 1 aromatic carbocycles. The third kappa shape index (κ3) is 1.65. The van der Waals surface area contributed by atoms with Gasteiger partial charge in [-0.05, 0) is 32.4 Å². The quantitative estimate of drug-likeness (QED) is 0.678. The molecule has 0 bridgehead atoms. The first kappa shape index (κ1) is 10.6. The number of hydrogen-bond acceptors (Lipinski definition) is 2. The highest BCUT2D eigenvalue weighted by atomic mass is 32.1. The fourth-order valence-corrected chi connectivity index (χ4v) is 2.05. The van der Waals surface area contributed by atoms with E-state index >= 15 is 0 Å². The van der Waals surface area contributed by atoms with E-state index in [9.17, 15) is 4.39 Å². The van der Waals surface area contributed by atoms with Crippen LogP contribution in [0.1, 0.15) is 25.0 Å². The van der Waals surface area contributed by atoms with Crippen LogP contribution in [-0.4, -0.2) is 10.4 Å². The third-order valence-corrected chi connectivity index (χ3v) is 3.59. The van der Waals surface area contributed by atoms with Crippen LogP contribution in [0.4, 0.5) is 10.1 Å². The molecule has 1 N–H and O–H groups in total. The van der Waals surface area contributed by atoms with Crippen molar-refractivity contribution in [1.29, 1.82) is 0 Å². The summed E-state index contributed by atoms with van der Waals surface area (Å²) in [5.74, 6) is -0.166. The number of anilines is 1. The van der Waals surface area contributed by atoms with Crippen molar-refractivity contribution in [3.8, 4) is 0 Å². The second-order valence-corrected chi connectivity index (χ2v) is 5.06. The van der Waals surface area contributed by atoms with Crippen LogP contribution in [0.15, 0.2) is 12.1 Å². The van der Waals surface area contributed by atoms with Gasteiger partial charge >= 0.3 is 0 Å². The lowest BCUT2D eigenvalue weighted by atomic mass is 9.87. The minimum Gasteiger partial charge on any atom is -0.375 e. The van der Waals surface area contributed by atoms with E-state index in [2.05, 4.69) is 5.32 Å². The number of nitrogens with one attached hydrogen (secondary N) is 1. The van der Waals surface area contributed by atoms with Crippen molar-refractivity contribution in [2.24, 2.45) is 0 Å². The minimum atomic E-state index is -0.221. The number of thiocarbonyl (C=S) groups is 1. The van der Waals surface area contributed by atoms with Gasteiger partial charge in [0.05, 0.1) is 5.54 Å². The maximum absolute atomic E-state index is 13.6. The second kappa shape index (κ2) is 3.27. The first-order valence-electron chi connectivity index (χ1n) is 5.01. The van der Waals surface area contributed by atoms with Crippen LogP contribution in [-0.2, 0) is 6.42 Å². The summed E-state index contributed by atoms with van der Waals surface area (Å²) in [6.45, 7) is 6.04. The molecule has 1 heterocycles. The molecule has 0 spiro atoms. The van der Waals surface area contributed by atoms with Gasteiger partial charge in [-0.1, -0.05) is 18.3 Å². The van der Waals surface area contributed by atoms with Crippen molar-refractivity contribution in [2.45, 2.75) is 32.7 Å². The Morgan fingerprint density at radius 1 is 1.40 bits per heavy atom. The molecule has 0 aromatic heterocycles. The number of fused-ring (bicyclic) bond motifs is 1. The topological polar surface area (TPSA) is 12.0 Å². The van der Waals surface area contributed by atoms with Gasteiger partial charge in [0.25, 0.3) is 0 Å². The van der Waals surface area contributed by atoms with E-state index in [4.69, 9.17) is 12.2 Å². The van der Waals surface area contributed by atoms with Gasteiger partial charge in [-0.3, -0.25) is 0 Å². The standard InChI is InChI=1S/C12H14FNS/c1-7-4-5-9(13)8-6-10(15)12(2,3)14-11(7)8/h4-5,14H,6H2,1-3H3. The van der Waals surface area contributed by atoms with Crippen molar-refractivity contribution >= 4 is 22.8 Å². The van der Waals surface area contributed by atoms with Gasteiger partial charge in [-0.2, -0.15) is 0 Å². The van der Waals surface area contributed by atoms with E-state index in [1.807, 2.05) is 20.8 Å². The number of halogens is 1. The highest BCUT2D eigenvalue weighted by molar-refractivity contribution is 7.80. The zero-order valence-electron chi connectivity index (χ0n) is 9.15. The normalized spacial score (nSPS) is 18.3. The Bertz CT molecular complexity index is 437. The highest BCUT2D eigenvalue weighted by Crippen LogP contribution is 2.33. The predicted molar refractivity (Wildman–Crippen MR) is 65.1 cm³/mol. The van der Waals surface area contributed by atoms with Crippen LogP contribution in [0.5, 0.6) is 0 Å². The Labute approximate surface area is 94.7 Å². The van der Waals surface area contributed by atoms with E-state index in [1.165, 1.54) is 6.07 Å². The summed E-state index contributed by atoms with van der Waals surface area (Å²) in [6, 6.07) is 3.31. The number of benzene rings is 1. The summed E-state index contributed by atoms with van der Waals surface area (Å²) in [7, 11) is 0. The van der Waals surface area contributed by atoms with Crippen molar-refractivity contribution in [3.05, 3.63) is 29.1 Å². The second-order valence-electron chi connectivity index (χ2n) is 4.57. The fraction of sp³-hybridized carbons (Fsp3) is 0.417. The largest absolute Gasteiger partial charge is 0.375 e. The van der Waals surface area contributed by atoms with Gasteiger partial charge in [0.2, 0.25) is 0 Å². The van der Waals surface area contributed by atoms with E-state index in [1.54, 1.807) is 6.07 Å². The molecule has 0 unspecified atom stereocenters. The number of rotatable bonds is 0. The van der Waals surface area contributed by atoms with Gasteiger partial charge in [0.15, 0.2) is 0 Å². The Hall–Kier alpha value is -0.960. The van der Waals surface area contributed by atoms with E-state index in [0.29, 0.717) is 12.0 Å². The van der Waals surface area contributed by atoms with E-state index in [0.717, 1.165) is 16.1 Å². The van der Waals surface area contributed by atoms with Crippen LogP contribution < -0.4 is 5.32 Å². The summed E-state index contributed by atoms with van der Waals surface area (Å²) in [5.41, 5.74) is 2.47. The lowest BCUT2D eigenvalue weighted by Gasteiger charge is -2.35. The molecule has 1 aliphatic heterocycles. The van der Waals surface area contributed by atoms with Crippen LogP contribution in [0, 0.1) is 12.7 Å². The lowest BCUT2D eigenvalue weighted by Crippen LogP contribution is -2.44. The number of hydrogen-bond donors (Lipinski definition) is 1. The molecule has 80 valence electrons. The van der Waals surface area contributed by atoms with Gasteiger partial charge in [-0.15, -0.1) is 0 Å². The summed E-state index contributed by atoms with van der Waals surface area (Å²) < 4.78 is 13.6. The van der Waals surface area contributed by atoms with Crippen LogP contribution in [0.25, 0.3) is 0 Å². The maximum Gasteiger partial charge on any atom is 0.128 e. The molecular weight excluding hydrogens is 209 g/mol. The molecule has 0 amide bonds. The van der Waals surface area contributed by atoms with Crippen LogP contribution in [0.3, 0.4) is 0 Å². The average Bonchev–Trinajstić information content (AvgIpc) is 2.15. The van der Waals surface area contributed by atoms with Crippen LogP contribution in [0.2, 0.25) is 0 Å². The molecule has 0 radical (unpaired) electrons. The highest BCUT2D eigenvalue weighted by Gasteiger charge is 2.31. The molecule has 0 atom stereocenters. The molecule has 0 saturated carbocycles. The molecule has 15 heavy (non-hydrogen) atoms. The van der Waals surface area contributed by atoms with Gasteiger partial charge in [0, 0.05) is 22.5 Å². The van der Waals surface area contributed by atoms with E-state index < -0.39 is 0 Å². The van der Waals surface area contributed by atoms with Gasteiger partial charge < -0.3 is 5.32 Å². The van der Waals surface area contributed by atoms with Crippen molar-refractivity contribution in [2.75, 3.05) is 5.32 Å². The first-order valence-corrected chi connectivity index (χ1v) is 5.42. The van der Waals surface area contributed by atoms with Gasteiger partial charge in [0.1, 0.15) is 5.82 Å². The average molecular weight is 223 g/mol. The van der Waals surface area contributed by atoms with Crippen molar-refractivity contribution in [1.82, 2.24) is 0 Å². The zero-order valence-corrected chi connectivity index (χ0v) is 9.96. The summed E-state index contributed by atoms with van der Waals surface area (Å²) in [5, 5.41) is 3.31. The fourth-order valence-electron chi connectivity index (χ4n) is 1.85. The third-order valence-electron chi connectivity index (χ3n) is 2.94. The predicted octanol–water partition coefficient (Wildman–Crippen LogP) is 3.25. The molecule has 0 fully saturated rings. The SMILES string of the molecule is Cc1ccc(F)c2c1NC(C)(C)C(=S)C2. The molecule has 2 rings (SSSR count). The molecule has 3 heteroatoms. The van der Waals surface area contributed by atoms with Crippen molar-refractivity contribution in [3.63, 3.8) is 0 Å². The minimum absolute atomic E-state index is 0.166. The first-order chi connectivity index (χ1) is 6.92. The Kier molecular flexibility index (Phi) is 2.30. The molecule has 0 saturated heterocycles. The molecule has 0 aliphatic carbocycles. The van der Waals surface area contributed by atoms with E-state index in [-0.39, 0.29) is 11.4 Å². The Balaban J connectivity index is 2.59. The zero-order chi connectivity index (χ0) is 11.2. The smallest absolute Gasteiger partial charge is 0.128 e. The molecular formula is C12H14FNS. The monoisotopic (exact) mass is 223 g/mol. The maximum atomic E-state index is 13.6. The molecule has 1 aliphatic rings. The van der Waals surface area contributed by atoms with Gasteiger partial charge in [-0.25, -0.2) is 4.39 Å². The molecule has 1 nitrogen and oxygen atoms in total. The van der Waals surface area contributed by atoms with Crippen molar-refractivity contribution < 1.29 is 4.39 Å². The Morgan fingerprint density at radius 3 is 2.73 bits per heavy atom. The summed E-state index contributed by atoms with van der Waals surface area (Å²) >= 11 is 5.29. The van der Waals surface area contributed by atoms with Crippen LogP contribution >= 0.6 is 12.2 Å². The Morgan fingerprint density at radius 2 is 2.07 bits per heavy atom. The summed E-state index contributed by atoms with van der Waals surface area (Å²) in [6.07, 6.45) is 0.554. The molecule has 1 aromatic rings. The summed E-state index contributed by atoms with van der Waals surface area (Å²) in [4.78, 5) is 0.861. The number of aryl methyl sites for hydroxylation is 1. The lowest BCUT2D eigenvalue weighted by molar-refractivity contribution is 0.609.